The molecule has 13 rings (SSSR count). The normalized spacial score (nSPS) is 17.6. The summed E-state index contributed by atoms with van der Waals surface area (Å²) < 4.78 is 7.16. The Morgan fingerprint density at radius 1 is 0.456 bits per heavy atom. The zero-order chi connectivity index (χ0) is 55.8. The van der Waals surface area contributed by atoms with E-state index in [0.717, 1.165) is 46.9 Å². The second-order valence-corrected chi connectivity index (χ2v) is 29.3. The third kappa shape index (κ3) is 7.95. The summed E-state index contributed by atoms with van der Waals surface area (Å²) in [5, 5.41) is 2.31. The number of anilines is 6. The Morgan fingerprint density at radius 2 is 1.03 bits per heavy atom. The average Bonchev–Trinajstić information content (AvgIpc) is 3.44. The molecule has 400 valence electrons. The molecule has 4 heteroatoms. The number of fused-ring (bicyclic) bond motifs is 10. The fourth-order valence-electron chi connectivity index (χ4n) is 14.9. The molecule has 3 heterocycles. The maximum absolute atomic E-state index is 7.16. The van der Waals surface area contributed by atoms with E-state index in [1.807, 2.05) is 0 Å². The van der Waals surface area contributed by atoms with Gasteiger partial charge in [0.25, 0.3) is 6.71 Å². The topological polar surface area (TPSA) is 19.6 Å². The number of hydrogen-bond acceptors (Lipinski definition) is 3. The van der Waals surface area contributed by atoms with Crippen molar-refractivity contribution in [1.29, 1.82) is 0 Å². The van der Waals surface area contributed by atoms with E-state index in [2.05, 4.69) is 261 Å². The molecule has 0 unspecified atom stereocenters. The molecule has 0 radical (unpaired) electrons. The van der Waals surface area contributed by atoms with E-state index in [0.29, 0.717) is 0 Å². The predicted octanol–water partition coefficient (Wildman–Crippen LogP) is 19.2. The minimum absolute atomic E-state index is 0.00105. The van der Waals surface area contributed by atoms with Crippen LogP contribution in [0.1, 0.15) is 173 Å². The van der Waals surface area contributed by atoms with Crippen LogP contribution in [0.25, 0.3) is 44.2 Å². The van der Waals surface area contributed by atoms with Crippen molar-refractivity contribution in [3.05, 3.63) is 184 Å². The zero-order valence-corrected chi connectivity index (χ0v) is 50.4. The summed E-state index contributed by atoms with van der Waals surface area (Å²) in [6.07, 6.45) is 4.62. The quantitative estimate of drug-likeness (QED) is 0.164. The van der Waals surface area contributed by atoms with Crippen LogP contribution in [0.15, 0.2) is 138 Å². The third-order valence-corrected chi connectivity index (χ3v) is 19.7. The maximum atomic E-state index is 7.16. The van der Waals surface area contributed by atoms with Gasteiger partial charge >= 0.3 is 0 Å². The Balaban J connectivity index is 1.24. The van der Waals surface area contributed by atoms with Gasteiger partial charge in [-0.15, -0.1) is 0 Å². The molecule has 4 aliphatic rings. The molecular formula is C75H81BN2O. The van der Waals surface area contributed by atoms with Gasteiger partial charge in [-0.2, -0.15) is 0 Å². The monoisotopic (exact) mass is 1040 g/mol. The van der Waals surface area contributed by atoms with Gasteiger partial charge in [-0.3, -0.25) is 0 Å². The minimum atomic E-state index is -0.0897. The first-order chi connectivity index (χ1) is 37.1. The van der Waals surface area contributed by atoms with Crippen molar-refractivity contribution in [2.45, 2.75) is 176 Å². The maximum Gasteiger partial charge on any atom is 0.252 e. The lowest BCUT2D eigenvalue weighted by atomic mass is 9.33. The molecule has 3 nitrogen and oxygen atoms in total. The standard InChI is InChI=1S/C75H81BN2O/c1-44-35-45(2)66(46(3)36-44)48-37-62-68-63(38-48)78(60-29-24-49(70(4,5)6)39-53(60)47-21-19-18-20-22-47)69-58(28-30-64-67(69)52-26-23-50(71(7,8)9)40-65(52)79-64)76(68)59-42-56-57(75(16,17)34-33-74(56,14)15)43-61(59)77(62)51-25-27-54-55(41-51)73(12,13)32-31-72(54,10)11/h18-30,35-43H,31-34H2,1-17H3. The van der Waals surface area contributed by atoms with E-state index in [9.17, 15) is 0 Å². The second-order valence-electron chi connectivity index (χ2n) is 29.3. The molecular weight excluding hydrogens is 956 g/mol. The Hall–Kier alpha value is -6.78. The number of furan rings is 1. The predicted molar refractivity (Wildman–Crippen MR) is 341 cm³/mol. The van der Waals surface area contributed by atoms with E-state index in [4.69, 9.17) is 4.42 Å². The van der Waals surface area contributed by atoms with E-state index < -0.39 is 0 Å². The van der Waals surface area contributed by atoms with Crippen molar-refractivity contribution in [1.82, 2.24) is 0 Å². The van der Waals surface area contributed by atoms with Crippen molar-refractivity contribution in [3.63, 3.8) is 0 Å². The molecule has 1 aromatic heterocycles. The zero-order valence-electron chi connectivity index (χ0n) is 50.4. The number of nitrogens with zero attached hydrogens (tertiary/aromatic N) is 2. The van der Waals surface area contributed by atoms with Gasteiger partial charge in [0, 0.05) is 33.7 Å². The van der Waals surface area contributed by atoms with Crippen LogP contribution >= 0.6 is 0 Å². The first kappa shape index (κ1) is 51.6. The van der Waals surface area contributed by atoms with Crippen LogP contribution in [-0.2, 0) is 32.5 Å². The van der Waals surface area contributed by atoms with Gasteiger partial charge in [-0.1, -0.05) is 181 Å². The molecule has 79 heavy (non-hydrogen) atoms. The second kappa shape index (κ2) is 17.1. The fourth-order valence-corrected chi connectivity index (χ4v) is 14.9. The molecule has 9 aromatic rings. The van der Waals surface area contributed by atoms with E-state index in [1.165, 1.54) is 124 Å². The van der Waals surface area contributed by atoms with Gasteiger partial charge < -0.3 is 14.2 Å². The molecule has 0 saturated carbocycles. The first-order valence-corrected chi connectivity index (χ1v) is 29.5. The highest BCUT2D eigenvalue weighted by atomic mass is 16.3. The molecule has 8 aromatic carbocycles. The summed E-state index contributed by atoms with van der Waals surface area (Å²) in [6, 6.07) is 53.1. The highest BCUT2D eigenvalue weighted by Gasteiger charge is 2.48. The van der Waals surface area contributed by atoms with E-state index in [1.54, 1.807) is 0 Å². The lowest BCUT2D eigenvalue weighted by Crippen LogP contribution is -2.62. The summed E-state index contributed by atoms with van der Waals surface area (Å²) in [5.41, 5.74) is 30.5. The molecule has 0 saturated heterocycles. The van der Waals surface area contributed by atoms with Crippen molar-refractivity contribution in [2.24, 2.45) is 0 Å². The Labute approximate surface area is 472 Å². The molecule has 0 bridgehead atoms. The van der Waals surface area contributed by atoms with Crippen LogP contribution in [0.5, 0.6) is 0 Å². The summed E-state index contributed by atoms with van der Waals surface area (Å²) in [6.45, 7) is 40.5. The molecule has 0 spiro atoms. The van der Waals surface area contributed by atoms with Gasteiger partial charge in [-0.25, -0.2) is 0 Å². The largest absolute Gasteiger partial charge is 0.456 e. The van der Waals surface area contributed by atoms with E-state index >= 15 is 0 Å². The van der Waals surface area contributed by atoms with Gasteiger partial charge in [0.15, 0.2) is 0 Å². The summed E-state index contributed by atoms with van der Waals surface area (Å²) in [5.74, 6) is 0. The number of rotatable bonds is 4. The van der Waals surface area contributed by atoms with Crippen molar-refractivity contribution in [3.8, 4) is 22.3 Å². The lowest BCUT2D eigenvalue weighted by molar-refractivity contribution is 0.332. The Kier molecular flexibility index (Phi) is 11.2. The number of aryl methyl sites for hydroxylation is 3. The molecule has 2 aliphatic heterocycles. The Bertz CT molecular complexity index is 4010. The summed E-state index contributed by atoms with van der Waals surface area (Å²) >= 11 is 0. The number of benzene rings is 8. The van der Waals surface area contributed by atoms with Crippen LogP contribution in [0.4, 0.5) is 34.1 Å². The minimum Gasteiger partial charge on any atom is -0.456 e. The van der Waals surface area contributed by atoms with Gasteiger partial charge in [-0.05, 0) is 211 Å². The van der Waals surface area contributed by atoms with Crippen molar-refractivity contribution >= 4 is 79.2 Å². The molecule has 0 amide bonds. The van der Waals surface area contributed by atoms with Crippen LogP contribution in [-0.4, -0.2) is 6.71 Å². The highest BCUT2D eigenvalue weighted by Crippen LogP contribution is 2.55. The SMILES string of the molecule is Cc1cc(C)c(-c2cc3c4c(c2)N(c2ccc(C(C)(C)C)cc2-c2ccccc2)c2c(ccc5oc6cc(C(C)(C)C)ccc6c25)B4c2cc4c(cc2N3c2ccc3c(c2)C(C)(C)CCC3(C)C)C(C)(C)CCC4(C)C)c(C)c1. The van der Waals surface area contributed by atoms with Crippen LogP contribution in [0.2, 0.25) is 0 Å². The van der Waals surface area contributed by atoms with Crippen molar-refractivity contribution in [2.75, 3.05) is 9.80 Å². The van der Waals surface area contributed by atoms with Crippen LogP contribution < -0.4 is 26.2 Å². The molecule has 0 atom stereocenters. The smallest absolute Gasteiger partial charge is 0.252 e. The Morgan fingerprint density at radius 3 is 1.66 bits per heavy atom. The van der Waals surface area contributed by atoms with Gasteiger partial charge in [0.1, 0.15) is 11.2 Å². The van der Waals surface area contributed by atoms with E-state index in [-0.39, 0.29) is 39.2 Å². The molecule has 0 N–H and O–H groups in total. The van der Waals surface area contributed by atoms with Gasteiger partial charge in [0.05, 0.1) is 16.8 Å². The van der Waals surface area contributed by atoms with Crippen molar-refractivity contribution < 1.29 is 4.42 Å². The third-order valence-electron chi connectivity index (χ3n) is 19.7. The van der Waals surface area contributed by atoms with Gasteiger partial charge in [0.2, 0.25) is 0 Å². The molecule has 0 fully saturated rings. The van der Waals surface area contributed by atoms with Crippen LogP contribution in [0, 0.1) is 20.8 Å². The summed E-state index contributed by atoms with van der Waals surface area (Å²) in [4.78, 5) is 5.43. The lowest BCUT2D eigenvalue weighted by Gasteiger charge is -2.48. The fraction of sp³-hybridized carbons (Fsp3) is 0.360. The highest BCUT2D eigenvalue weighted by molar-refractivity contribution is 7.00. The summed E-state index contributed by atoms with van der Waals surface area (Å²) in [7, 11) is 0. The molecule has 2 aliphatic carbocycles. The van der Waals surface area contributed by atoms with Crippen LogP contribution in [0.3, 0.4) is 0 Å². The number of hydrogen-bond donors (Lipinski definition) is 0. The average molecular weight is 1040 g/mol. The first-order valence-electron chi connectivity index (χ1n) is 29.5.